The van der Waals surface area contributed by atoms with E-state index in [1.165, 1.54) is 13.8 Å². The van der Waals surface area contributed by atoms with E-state index in [0.29, 0.717) is 13.0 Å². The second kappa shape index (κ2) is 4.95. The summed E-state index contributed by atoms with van der Waals surface area (Å²) in [6, 6.07) is 0. The quantitative estimate of drug-likeness (QED) is 0.614. The topological polar surface area (TPSA) is 61.8 Å². The summed E-state index contributed by atoms with van der Waals surface area (Å²) in [5.41, 5.74) is 0. The van der Waals surface area contributed by atoms with Crippen LogP contribution >= 0.6 is 0 Å². The van der Waals surface area contributed by atoms with Gasteiger partial charge in [0.25, 0.3) is 0 Å². The van der Waals surface area contributed by atoms with Crippen LogP contribution in [-0.4, -0.2) is 30.9 Å². The minimum atomic E-state index is -0.745. The van der Waals surface area contributed by atoms with E-state index >= 15 is 0 Å². The summed E-state index contributed by atoms with van der Waals surface area (Å²) in [6.45, 7) is 3.14. The van der Waals surface area contributed by atoms with Crippen LogP contribution < -0.4 is 0 Å². The summed E-state index contributed by atoms with van der Waals surface area (Å²) in [5, 5.41) is 0. The number of hydrogen-bond acceptors (Lipinski definition) is 5. The standard InChI is InChI=1S/C9H14O5/c1-6(10)13-8-4-3-5-12-9(8)14-7(2)11/h8-9H,3-5H2,1-2H3/t8-,9+/m1/s1. The highest BCUT2D eigenvalue weighted by Gasteiger charge is 2.30. The molecule has 0 N–H and O–H groups in total. The summed E-state index contributed by atoms with van der Waals surface area (Å²) in [7, 11) is 0. The number of carbonyl (C=O) groups is 2. The van der Waals surface area contributed by atoms with Gasteiger partial charge >= 0.3 is 11.9 Å². The first-order valence-electron chi connectivity index (χ1n) is 4.55. The molecule has 1 aliphatic rings. The molecule has 0 aromatic carbocycles. The van der Waals surface area contributed by atoms with Crippen LogP contribution in [0.5, 0.6) is 0 Å². The van der Waals surface area contributed by atoms with E-state index in [4.69, 9.17) is 14.2 Å². The van der Waals surface area contributed by atoms with E-state index in [1.54, 1.807) is 0 Å². The normalized spacial score (nSPS) is 26.7. The molecule has 0 amide bonds. The molecule has 5 nitrogen and oxygen atoms in total. The summed E-state index contributed by atoms with van der Waals surface area (Å²) in [5.74, 6) is -0.827. The molecule has 0 aromatic rings. The van der Waals surface area contributed by atoms with Crippen molar-refractivity contribution in [2.75, 3.05) is 6.61 Å². The summed E-state index contributed by atoms with van der Waals surface area (Å²) < 4.78 is 15.0. The van der Waals surface area contributed by atoms with Crippen LogP contribution in [0.1, 0.15) is 26.7 Å². The molecular formula is C9H14O5. The highest BCUT2D eigenvalue weighted by atomic mass is 16.7. The number of rotatable bonds is 2. The van der Waals surface area contributed by atoms with Crippen LogP contribution in [0.4, 0.5) is 0 Å². The predicted molar refractivity (Wildman–Crippen MR) is 46.3 cm³/mol. The highest BCUT2D eigenvalue weighted by Crippen LogP contribution is 2.18. The van der Waals surface area contributed by atoms with Gasteiger partial charge in [-0.2, -0.15) is 0 Å². The third-order valence-corrected chi connectivity index (χ3v) is 1.82. The van der Waals surface area contributed by atoms with Gasteiger partial charge in [0.2, 0.25) is 6.29 Å². The van der Waals surface area contributed by atoms with Gasteiger partial charge in [-0.05, 0) is 12.8 Å². The molecule has 0 spiro atoms. The number of ether oxygens (including phenoxy) is 3. The van der Waals surface area contributed by atoms with Crippen molar-refractivity contribution >= 4 is 11.9 Å². The van der Waals surface area contributed by atoms with Gasteiger partial charge in [0.05, 0.1) is 6.61 Å². The summed E-state index contributed by atoms with van der Waals surface area (Å²) in [6.07, 6.45) is 0.253. The molecule has 5 heteroatoms. The first-order valence-corrected chi connectivity index (χ1v) is 4.55. The first kappa shape index (κ1) is 11.0. The summed E-state index contributed by atoms with van der Waals surface area (Å²) >= 11 is 0. The van der Waals surface area contributed by atoms with Crippen molar-refractivity contribution in [3.8, 4) is 0 Å². The fourth-order valence-corrected chi connectivity index (χ4v) is 1.33. The van der Waals surface area contributed by atoms with Gasteiger partial charge < -0.3 is 14.2 Å². The zero-order valence-corrected chi connectivity index (χ0v) is 8.32. The lowest BCUT2D eigenvalue weighted by Crippen LogP contribution is -2.40. The first-order chi connectivity index (χ1) is 6.59. The SMILES string of the molecule is CC(=O)O[C@@H]1OCCC[C@H]1OC(C)=O. The van der Waals surface area contributed by atoms with E-state index in [1.807, 2.05) is 0 Å². The molecule has 80 valence electrons. The summed E-state index contributed by atoms with van der Waals surface area (Å²) in [4.78, 5) is 21.4. The Hall–Kier alpha value is -1.10. The fourth-order valence-electron chi connectivity index (χ4n) is 1.33. The van der Waals surface area contributed by atoms with Gasteiger partial charge in [-0.3, -0.25) is 9.59 Å². The van der Waals surface area contributed by atoms with E-state index in [2.05, 4.69) is 0 Å². The molecule has 1 rings (SSSR count). The molecule has 0 unspecified atom stereocenters. The maximum Gasteiger partial charge on any atom is 0.305 e. The Morgan fingerprint density at radius 1 is 1.21 bits per heavy atom. The second-order valence-electron chi connectivity index (χ2n) is 3.14. The van der Waals surface area contributed by atoms with E-state index < -0.39 is 24.3 Å². The van der Waals surface area contributed by atoms with Gasteiger partial charge in [0, 0.05) is 13.8 Å². The average Bonchev–Trinajstić information content (AvgIpc) is 2.06. The molecule has 0 aromatic heterocycles. The van der Waals surface area contributed by atoms with Crippen molar-refractivity contribution in [3.05, 3.63) is 0 Å². The molecule has 1 aliphatic heterocycles. The van der Waals surface area contributed by atoms with Crippen molar-refractivity contribution in [3.63, 3.8) is 0 Å². The minimum absolute atomic E-state index is 0.391. The Morgan fingerprint density at radius 2 is 1.86 bits per heavy atom. The number of carbonyl (C=O) groups excluding carboxylic acids is 2. The lowest BCUT2D eigenvalue weighted by molar-refractivity contribution is -0.223. The Bertz CT molecular complexity index is 201. The van der Waals surface area contributed by atoms with E-state index in [0.717, 1.165) is 6.42 Å². The largest absolute Gasteiger partial charge is 0.456 e. The smallest absolute Gasteiger partial charge is 0.305 e. The molecule has 1 fully saturated rings. The van der Waals surface area contributed by atoms with Crippen LogP contribution in [0.2, 0.25) is 0 Å². The third-order valence-electron chi connectivity index (χ3n) is 1.82. The molecule has 0 saturated carbocycles. The van der Waals surface area contributed by atoms with Gasteiger partial charge in [-0.25, -0.2) is 0 Å². The lowest BCUT2D eigenvalue weighted by Gasteiger charge is -2.29. The Labute approximate surface area is 82.3 Å². The second-order valence-corrected chi connectivity index (χ2v) is 3.14. The van der Waals surface area contributed by atoms with Gasteiger partial charge in [-0.15, -0.1) is 0 Å². The van der Waals surface area contributed by atoms with Crippen molar-refractivity contribution in [1.29, 1.82) is 0 Å². The minimum Gasteiger partial charge on any atom is -0.456 e. The lowest BCUT2D eigenvalue weighted by atomic mass is 10.1. The number of hydrogen-bond donors (Lipinski definition) is 0. The van der Waals surface area contributed by atoms with Crippen LogP contribution in [0.15, 0.2) is 0 Å². The van der Waals surface area contributed by atoms with Crippen molar-refractivity contribution < 1.29 is 23.8 Å². The van der Waals surface area contributed by atoms with Gasteiger partial charge in [0.1, 0.15) is 0 Å². The van der Waals surface area contributed by atoms with Gasteiger partial charge in [0.15, 0.2) is 6.10 Å². The number of esters is 2. The van der Waals surface area contributed by atoms with E-state index in [9.17, 15) is 9.59 Å². The highest BCUT2D eigenvalue weighted by molar-refractivity contribution is 5.67. The van der Waals surface area contributed by atoms with E-state index in [-0.39, 0.29) is 0 Å². The molecule has 2 atom stereocenters. The van der Waals surface area contributed by atoms with Crippen LogP contribution in [0.25, 0.3) is 0 Å². The average molecular weight is 202 g/mol. The molecular weight excluding hydrogens is 188 g/mol. The maximum absolute atomic E-state index is 10.7. The van der Waals surface area contributed by atoms with Gasteiger partial charge in [-0.1, -0.05) is 0 Å². The van der Waals surface area contributed by atoms with Crippen molar-refractivity contribution in [2.45, 2.75) is 39.1 Å². The third kappa shape index (κ3) is 3.33. The van der Waals surface area contributed by atoms with Crippen LogP contribution in [0, 0.1) is 0 Å². The predicted octanol–water partition coefficient (Wildman–Crippen LogP) is 0.618. The molecule has 0 bridgehead atoms. The molecule has 14 heavy (non-hydrogen) atoms. The molecule has 1 heterocycles. The fraction of sp³-hybridized carbons (Fsp3) is 0.778. The maximum atomic E-state index is 10.7. The van der Waals surface area contributed by atoms with Crippen molar-refractivity contribution in [1.82, 2.24) is 0 Å². The zero-order valence-electron chi connectivity index (χ0n) is 8.32. The molecule has 0 aliphatic carbocycles. The zero-order chi connectivity index (χ0) is 10.6. The van der Waals surface area contributed by atoms with Crippen LogP contribution in [0.3, 0.4) is 0 Å². The van der Waals surface area contributed by atoms with Crippen molar-refractivity contribution in [2.24, 2.45) is 0 Å². The molecule has 1 saturated heterocycles. The Morgan fingerprint density at radius 3 is 2.43 bits per heavy atom. The van der Waals surface area contributed by atoms with Crippen LogP contribution in [-0.2, 0) is 23.8 Å². The monoisotopic (exact) mass is 202 g/mol. The molecule has 0 radical (unpaired) electrons. The Kier molecular flexibility index (Phi) is 3.88. The Balaban J connectivity index is 2.49.